The number of aliphatic carboxylic acids is 1. The van der Waals surface area contributed by atoms with Crippen molar-refractivity contribution in [1.82, 2.24) is 4.90 Å². The van der Waals surface area contributed by atoms with E-state index in [0.29, 0.717) is 41.8 Å². The number of amides is 1. The van der Waals surface area contributed by atoms with Crippen LogP contribution in [0.4, 0.5) is 10.5 Å². The van der Waals surface area contributed by atoms with Crippen LogP contribution in [-0.4, -0.2) is 64.3 Å². The maximum atomic E-state index is 13.3. The Morgan fingerprint density at radius 3 is 2.10 bits per heavy atom. The Hall–Kier alpha value is -5.25. The van der Waals surface area contributed by atoms with Crippen LogP contribution in [0.1, 0.15) is 82.4 Å². The number of fused-ring (bicyclic) bond motifs is 3. The van der Waals surface area contributed by atoms with Crippen molar-refractivity contribution in [3.8, 4) is 11.1 Å². The van der Waals surface area contributed by atoms with Crippen LogP contribution in [0.3, 0.4) is 0 Å². The number of aliphatic hydroxyl groups excluding tert-OH is 1. The summed E-state index contributed by atoms with van der Waals surface area (Å²) in [6, 6.07) is 21.7. The summed E-state index contributed by atoms with van der Waals surface area (Å²) in [4.78, 5) is 56.9. The van der Waals surface area contributed by atoms with Gasteiger partial charge in [0.15, 0.2) is 5.78 Å². The van der Waals surface area contributed by atoms with Crippen LogP contribution in [-0.2, 0) is 30.5 Å². The van der Waals surface area contributed by atoms with Crippen LogP contribution in [0.2, 0.25) is 0 Å². The molecule has 0 aromatic heterocycles. The van der Waals surface area contributed by atoms with Crippen LogP contribution in [0, 0.1) is 11.3 Å². The fraction of sp³-hybridized carbons (Fsp3) is 0.390. The van der Waals surface area contributed by atoms with E-state index < -0.39 is 24.1 Å². The molecule has 0 heterocycles. The molecule has 3 aromatic carbocycles. The topological polar surface area (TPSA) is 143 Å². The van der Waals surface area contributed by atoms with E-state index >= 15 is 0 Å². The molecule has 1 atom stereocenters. The minimum absolute atomic E-state index is 0.0503. The molecule has 10 heteroatoms. The van der Waals surface area contributed by atoms with Gasteiger partial charge in [-0.1, -0.05) is 88.4 Å². The predicted octanol–water partition coefficient (Wildman–Crippen LogP) is 8.16. The summed E-state index contributed by atoms with van der Waals surface area (Å²) < 4.78 is 11.3. The van der Waals surface area contributed by atoms with Gasteiger partial charge >= 0.3 is 18.0 Å². The maximum Gasteiger partial charge on any atom is 0.410 e. The van der Waals surface area contributed by atoms with Gasteiger partial charge < -0.3 is 19.7 Å². The zero-order valence-corrected chi connectivity index (χ0v) is 29.8. The first-order chi connectivity index (χ1) is 24.2. The normalized spacial score (nSPS) is 16.0. The number of hydrogen-bond donors (Lipinski definition) is 2. The van der Waals surface area contributed by atoms with Gasteiger partial charge in [-0.3, -0.25) is 19.5 Å². The van der Waals surface area contributed by atoms with E-state index in [9.17, 15) is 29.4 Å². The highest BCUT2D eigenvalue weighted by molar-refractivity contribution is 6.23. The predicted molar refractivity (Wildman–Crippen MR) is 194 cm³/mol. The largest absolute Gasteiger partial charge is 0.511 e. The highest BCUT2D eigenvalue weighted by Gasteiger charge is 2.36. The molecule has 0 aliphatic heterocycles. The van der Waals surface area contributed by atoms with Crippen molar-refractivity contribution >= 4 is 35.2 Å². The van der Waals surface area contributed by atoms with Gasteiger partial charge in [-0.15, -0.1) is 0 Å². The van der Waals surface area contributed by atoms with Crippen molar-refractivity contribution in [2.45, 2.75) is 78.4 Å². The Morgan fingerprint density at radius 1 is 0.922 bits per heavy atom. The fourth-order valence-corrected chi connectivity index (χ4v) is 6.83. The van der Waals surface area contributed by atoms with E-state index in [1.54, 1.807) is 24.3 Å². The van der Waals surface area contributed by atoms with E-state index in [4.69, 9.17) is 14.5 Å². The molecule has 0 spiro atoms. The molecule has 0 unspecified atom stereocenters. The lowest BCUT2D eigenvalue weighted by Gasteiger charge is -2.30. The lowest BCUT2D eigenvalue weighted by atomic mass is 9.75. The quantitative estimate of drug-likeness (QED) is 0.135. The molecule has 0 radical (unpaired) electrons. The first-order valence-corrected chi connectivity index (χ1v) is 17.3. The summed E-state index contributed by atoms with van der Waals surface area (Å²) in [5.74, 6) is -1.89. The van der Waals surface area contributed by atoms with Gasteiger partial charge in [0.1, 0.15) is 25.0 Å². The van der Waals surface area contributed by atoms with Crippen LogP contribution in [0.15, 0.2) is 89.1 Å². The zero-order chi connectivity index (χ0) is 36.9. The number of ketones is 1. The lowest BCUT2D eigenvalue weighted by molar-refractivity contribution is -0.151. The molecule has 2 aliphatic rings. The summed E-state index contributed by atoms with van der Waals surface area (Å²) in [6.45, 7) is 7.89. The van der Waals surface area contributed by atoms with Crippen molar-refractivity contribution < 1.29 is 38.9 Å². The Balaban J connectivity index is 1.24. The highest BCUT2D eigenvalue weighted by Crippen LogP contribution is 2.44. The van der Waals surface area contributed by atoms with Gasteiger partial charge in [0.25, 0.3) is 0 Å². The first-order valence-electron chi connectivity index (χ1n) is 17.3. The average molecular weight is 695 g/mol. The van der Waals surface area contributed by atoms with Gasteiger partial charge in [0.2, 0.25) is 0 Å². The van der Waals surface area contributed by atoms with E-state index in [1.807, 2.05) is 76.2 Å². The number of benzene rings is 3. The number of nitrogens with zero attached hydrogens (tertiary/aromatic N) is 2. The lowest BCUT2D eigenvalue weighted by Crippen LogP contribution is -2.44. The summed E-state index contributed by atoms with van der Waals surface area (Å²) in [6.07, 6.45) is -0.0145. The molecule has 268 valence electrons. The van der Waals surface area contributed by atoms with Crippen molar-refractivity contribution in [2.24, 2.45) is 16.3 Å². The Kier molecular flexibility index (Phi) is 11.4. The third-order valence-electron chi connectivity index (χ3n) is 9.32. The van der Waals surface area contributed by atoms with Gasteiger partial charge in [0.05, 0.1) is 17.0 Å². The van der Waals surface area contributed by atoms with Gasteiger partial charge in [-0.25, -0.2) is 9.59 Å². The Bertz CT molecular complexity index is 1810. The van der Waals surface area contributed by atoms with E-state index in [1.165, 1.54) is 7.05 Å². The Morgan fingerprint density at radius 2 is 1.53 bits per heavy atom. The van der Waals surface area contributed by atoms with E-state index in [2.05, 4.69) is 0 Å². The van der Waals surface area contributed by atoms with Gasteiger partial charge in [-0.2, -0.15) is 0 Å². The Labute approximate surface area is 298 Å². The number of likely N-dealkylation sites (N-methyl/N-ethyl adjacent to an activating group) is 1. The standard InChI is InChI=1S/C41H46N2O8/c1-25(2)20-33(38-35(44)21-41(3,4)22-36(38)45)42-27-16-14-26(15-17-27)23-50-39(48)34(18-19-37(46)47)43(5)40(49)51-24-32-30-12-8-6-10-28(30)29-11-7-9-13-31(29)32/h6-17,25,32,34,44H,18-24H2,1-5H3,(H,46,47)/t34-/m0/s1. The molecular weight excluding hydrogens is 648 g/mol. The smallest absolute Gasteiger partial charge is 0.410 e. The van der Waals surface area contributed by atoms with Crippen LogP contribution in [0.25, 0.3) is 11.1 Å². The molecule has 0 bridgehead atoms. The molecular formula is C41H46N2O8. The number of Topliss-reactive ketones (excluding diaryl/α,β-unsaturated/α-hetero) is 1. The second-order valence-corrected chi connectivity index (χ2v) is 14.6. The van der Waals surface area contributed by atoms with E-state index in [0.717, 1.165) is 27.2 Å². The molecule has 2 N–H and O–H groups in total. The second-order valence-electron chi connectivity index (χ2n) is 14.6. The SMILES string of the molecule is CC(C)CC(=Nc1ccc(COC(=O)[C@H](CCC(=O)O)N(C)C(=O)OCC2c3ccccc3-c3ccccc32)cc1)C1=C(O)CC(C)(C)CC1=O. The fourth-order valence-electron chi connectivity index (χ4n) is 6.83. The highest BCUT2D eigenvalue weighted by atomic mass is 16.6. The maximum absolute atomic E-state index is 13.3. The minimum atomic E-state index is -1.18. The van der Waals surface area contributed by atoms with Gasteiger partial charge in [-0.05, 0) is 64.1 Å². The van der Waals surface area contributed by atoms with Crippen LogP contribution >= 0.6 is 0 Å². The van der Waals surface area contributed by atoms with Crippen molar-refractivity contribution in [3.63, 3.8) is 0 Å². The van der Waals surface area contributed by atoms with Gasteiger partial charge in [0, 0.05) is 32.2 Å². The molecule has 10 nitrogen and oxygen atoms in total. The third-order valence-corrected chi connectivity index (χ3v) is 9.32. The van der Waals surface area contributed by atoms with Crippen molar-refractivity contribution in [2.75, 3.05) is 13.7 Å². The third kappa shape index (κ3) is 8.92. The number of carboxylic acid groups (broad SMARTS) is 1. The number of carbonyl (C=O) groups is 4. The number of aliphatic hydroxyl groups is 1. The number of aliphatic imine (C=N–C) groups is 1. The summed E-state index contributed by atoms with van der Waals surface area (Å²) >= 11 is 0. The number of esters is 1. The number of carboxylic acids is 1. The first kappa shape index (κ1) is 37.0. The molecule has 0 saturated heterocycles. The number of rotatable bonds is 13. The summed E-state index contributed by atoms with van der Waals surface area (Å²) in [7, 11) is 1.40. The summed E-state index contributed by atoms with van der Waals surface area (Å²) in [5, 5.41) is 20.1. The monoisotopic (exact) mass is 694 g/mol. The van der Waals surface area contributed by atoms with Crippen LogP contribution in [0.5, 0.6) is 0 Å². The van der Waals surface area contributed by atoms with E-state index in [-0.39, 0.29) is 54.8 Å². The molecule has 3 aromatic rings. The summed E-state index contributed by atoms with van der Waals surface area (Å²) in [5.41, 5.74) is 6.01. The minimum Gasteiger partial charge on any atom is -0.511 e. The number of hydrogen-bond acceptors (Lipinski definition) is 8. The molecule has 1 amide bonds. The number of allylic oxidation sites excluding steroid dienone is 2. The average Bonchev–Trinajstić information content (AvgIpc) is 3.39. The molecule has 0 fully saturated rings. The molecule has 0 saturated carbocycles. The molecule has 2 aliphatic carbocycles. The van der Waals surface area contributed by atoms with Crippen molar-refractivity contribution in [1.29, 1.82) is 0 Å². The van der Waals surface area contributed by atoms with Crippen molar-refractivity contribution in [3.05, 3.63) is 101 Å². The molecule has 51 heavy (non-hydrogen) atoms. The molecule has 5 rings (SSSR count). The number of carbonyl (C=O) groups excluding carboxylic acids is 3. The van der Waals surface area contributed by atoms with Crippen LogP contribution < -0.4 is 0 Å². The zero-order valence-electron chi connectivity index (χ0n) is 29.8. The second kappa shape index (κ2) is 15.7. The number of ether oxygens (including phenoxy) is 2.